The molecule has 1 aliphatic heterocycles. The molecule has 34 heavy (non-hydrogen) atoms. The number of hydrogen-bond acceptors (Lipinski definition) is 6. The molecule has 176 valence electrons. The molecule has 0 spiro atoms. The average molecular weight is 487 g/mol. The van der Waals surface area contributed by atoms with Crippen LogP contribution in [0.25, 0.3) is 11.1 Å². The van der Waals surface area contributed by atoms with Gasteiger partial charge in [-0.3, -0.25) is 9.29 Å². The lowest BCUT2D eigenvalue weighted by Gasteiger charge is -2.24. The Balaban J connectivity index is 1.58. The minimum atomic E-state index is -4.47. The Hall–Kier alpha value is -3.57. The number of fused-ring (bicyclic) bond motifs is 2. The van der Waals surface area contributed by atoms with Crippen LogP contribution < -0.4 is 15.8 Å². The van der Waals surface area contributed by atoms with Gasteiger partial charge in [-0.1, -0.05) is 24.3 Å². The van der Waals surface area contributed by atoms with Crippen molar-refractivity contribution in [3.63, 3.8) is 0 Å². The summed E-state index contributed by atoms with van der Waals surface area (Å²) in [6.45, 7) is 3.32. The highest BCUT2D eigenvalue weighted by molar-refractivity contribution is 7.92. The van der Waals surface area contributed by atoms with Gasteiger partial charge in [0.1, 0.15) is 16.5 Å². The first kappa shape index (κ1) is 22.2. The first-order valence-corrected chi connectivity index (χ1v) is 12.0. The first-order valence-electron chi connectivity index (χ1n) is 10.6. The molecule has 8 nitrogen and oxygen atoms in total. The summed E-state index contributed by atoms with van der Waals surface area (Å²) in [7, 11) is -4.47. The van der Waals surface area contributed by atoms with Gasteiger partial charge in [-0.25, -0.2) is 22.6 Å². The second-order valence-electron chi connectivity index (χ2n) is 8.03. The molecule has 1 aliphatic rings. The van der Waals surface area contributed by atoms with Gasteiger partial charge < -0.3 is 9.73 Å². The monoisotopic (exact) mass is 486 g/mol. The average Bonchev–Trinajstić information content (AvgIpc) is 3.12. The molecule has 3 heterocycles. The quantitative estimate of drug-likeness (QED) is 0.419. The zero-order valence-corrected chi connectivity index (χ0v) is 18.8. The summed E-state index contributed by atoms with van der Waals surface area (Å²) in [6.07, 6.45) is 0.861. The van der Waals surface area contributed by atoms with Gasteiger partial charge in [0.15, 0.2) is 5.58 Å². The Morgan fingerprint density at radius 2 is 1.97 bits per heavy atom. The Kier molecular flexibility index (Phi) is 5.45. The highest BCUT2D eigenvalue weighted by Crippen LogP contribution is 2.30. The largest absolute Gasteiger partial charge is 0.420 e. The Labute approximate surface area is 193 Å². The molecule has 4 aromatic rings. The number of nitrogens with one attached hydrogen (secondary N) is 2. The van der Waals surface area contributed by atoms with Crippen molar-refractivity contribution >= 4 is 26.9 Å². The van der Waals surface area contributed by atoms with Crippen molar-refractivity contribution in [3.05, 3.63) is 87.5 Å². The van der Waals surface area contributed by atoms with Crippen LogP contribution in [0.1, 0.15) is 29.7 Å². The molecule has 2 aromatic heterocycles. The Bertz CT molecular complexity index is 1580. The number of halogens is 2. The number of anilines is 1. The van der Waals surface area contributed by atoms with E-state index in [0.717, 1.165) is 42.3 Å². The van der Waals surface area contributed by atoms with E-state index in [1.807, 2.05) is 22.9 Å². The van der Waals surface area contributed by atoms with Crippen LogP contribution in [0.2, 0.25) is 0 Å². The van der Waals surface area contributed by atoms with Crippen molar-refractivity contribution in [2.45, 2.75) is 30.8 Å². The molecule has 5 rings (SSSR count). The molecular weight excluding hydrogens is 466 g/mol. The molecule has 0 saturated heterocycles. The summed E-state index contributed by atoms with van der Waals surface area (Å²) in [5, 5.41) is 3.32. The number of benzene rings is 2. The topological polar surface area (TPSA) is 106 Å². The number of oxazole rings is 1. The van der Waals surface area contributed by atoms with Crippen molar-refractivity contribution in [1.29, 1.82) is 0 Å². The van der Waals surface area contributed by atoms with Crippen LogP contribution >= 0.6 is 0 Å². The van der Waals surface area contributed by atoms with Crippen LogP contribution in [0.4, 0.5) is 14.6 Å². The highest BCUT2D eigenvalue weighted by atomic mass is 32.2. The molecule has 0 amide bonds. The van der Waals surface area contributed by atoms with E-state index in [0.29, 0.717) is 6.54 Å². The summed E-state index contributed by atoms with van der Waals surface area (Å²) in [5.41, 5.74) is 3.19. The summed E-state index contributed by atoms with van der Waals surface area (Å²) in [5.74, 6) is -3.03. The van der Waals surface area contributed by atoms with Crippen LogP contribution in [0.3, 0.4) is 0 Å². The van der Waals surface area contributed by atoms with Gasteiger partial charge in [-0.2, -0.15) is 4.39 Å². The third-order valence-electron chi connectivity index (χ3n) is 5.93. The second kappa shape index (κ2) is 8.33. The van der Waals surface area contributed by atoms with E-state index in [9.17, 15) is 17.6 Å². The molecule has 0 aliphatic carbocycles. The number of rotatable bonds is 5. The molecule has 0 bridgehead atoms. The van der Waals surface area contributed by atoms with Gasteiger partial charge in [-0.05, 0) is 48.7 Å². The van der Waals surface area contributed by atoms with Crippen LogP contribution in [0, 0.1) is 11.8 Å². The molecule has 0 fully saturated rings. The van der Waals surface area contributed by atoms with Crippen molar-refractivity contribution in [2.24, 2.45) is 0 Å². The van der Waals surface area contributed by atoms with Crippen LogP contribution in [0.5, 0.6) is 0 Å². The standard InChI is InChI=1S/C23H20F2N4O4S/c1-13(15-5-2-4-14-8-9-26-12-16(14)15)29-18-10-17(24)20(11-19(18)33-23(29)30)34(31,32)28-22-7-3-6-21(25)27-22/h2-7,10-11,13,26H,8-9,12H2,1H3,(H,27,28)/t13-/m1/s1. The van der Waals surface area contributed by atoms with E-state index in [4.69, 9.17) is 4.42 Å². The molecular formula is C23H20F2N4O4S. The predicted octanol–water partition coefficient (Wildman–Crippen LogP) is 3.32. The lowest BCUT2D eigenvalue weighted by Crippen LogP contribution is -2.27. The fourth-order valence-electron chi connectivity index (χ4n) is 4.34. The zero-order valence-electron chi connectivity index (χ0n) is 18.0. The third kappa shape index (κ3) is 3.86. The van der Waals surface area contributed by atoms with Gasteiger partial charge in [0.05, 0.1) is 11.6 Å². The first-order chi connectivity index (χ1) is 16.2. The van der Waals surface area contributed by atoms with Crippen LogP contribution in [0.15, 0.2) is 62.6 Å². The van der Waals surface area contributed by atoms with Gasteiger partial charge in [0.2, 0.25) is 5.95 Å². The minimum absolute atomic E-state index is 0.0891. The maximum Gasteiger partial charge on any atom is 0.420 e. The maximum absolute atomic E-state index is 15.0. The predicted molar refractivity (Wildman–Crippen MR) is 121 cm³/mol. The number of nitrogens with zero attached hydrogens (tertiary/aromatic N) is 2. The van der Waals surface area contributed by atoms with E-state index < -0.39 is 38.5 Å². The number of sulfonamides is 1. The molecule has 0 radical (unpaired) electrons. The lowest BCUT2D eigenvalue weighted by atomic mass is 9.92. The Morgan fingerprint density at radius 1 is 1.18 bits per heavy atom. The third-order valence-corrected chi connectivity index (χ3v) is 7.30. The van der Waals surface area contributed by atoms with Gasteiger partial charge in [0, 0.05) is 18.7 Å². The maximum atomic E-state index is 15.0. The summed E-state index contributed by atoms with van der Waals surface area (Å²) in [4.78, 5) is 15.4. The van der Waals surface area contributed by atoms with E-state index in [1.54, 1.807) is 6.92 Å². The van der Waals surface area contributed by atoms with Crippen LogP contribution in [-0.2, 0) is 23.0 Å². The van der Waals surface area contributed by atoms with Gasteiger partial charge in [0.25, 0.3) is 10.0 Å². The molecule has 11 heteroatoms. The zero-order chi connectivity index (χ0) is 24.0. The number of hydrogen-bond donors (Lipinski definition) is 2. The van der Waals surface area contributed by atoms with E-state index in [2.05, 4.69) is 10.3 Å². The van der Waals surface area contributed by atoms with Gasteiger partial charge >= 0.3 is 5.76 Å². The Morgan fingerprint density at radius 3 is 2.76 bits per heavy atom. The van der Waals surface area contributed by atoms with Gasteiger partial charge in [-0.15, -0.1) is 0 Å². The molecule has 0 unspecified atom stereocenters. The van der Waals surface area contributed by atoms with E-state index in [-0.39, 0.29) is 16.9 Å². The number of pyridine rings is 1. The van der Waals surface area contributed by atoms with Crippen molar-refractivity contribution < 1.29 is 21.6 Å². The number of aromatic nitrogens is 2. The van der Waals surface area contributed by atoms with Crippen LogP contribution in [-0.4, -0.2) is 24.5 Å². The van der Waals surface area contributed by atoms with Crippen molar-refractivity contribution in [1.82, 2.24) is 14.9 Å². The SMILES string of the molecule is C[C@H](c1cccc2c1CNCC2)n1c(=O)oc2cc(S(=O)(=O)Nc3cccc(F)n3)c(F)cc21. The lowest BCUT2D eigenvalue weighted by molar-refractivity contribution is 0.486. The fourth-order valence-corrected chi connectivity index (χ4v) is 5.41. The molecule has 1 atom stereocenters. The second-order valence-corrected chi connectivity index (χ2v) is 9.68. The summed E-state index contributed by atoms with van der Waals surface area (Å²) < 4.78 is 62.5. The smallest absolute Gasteiger partial charge is 0.408 e. The van der Waals surface area contributed by atoms with Crippen molar-refractivity contribution in [2.75, 3.05) is 11.3 Å². The summed E-state index contributed by atoms with van der Waals surface area (Å²) >= 11 is 0. The molecule has 2 aromatic carbocycles. The molecule has 2 N–H and O–H groups in total. The van der Waals surface area contributed by atoms with E-state index in [1.165, 1.54) is 22.3 Å². The fraction of sp³-hybridized carbons (Fsp3) is 0.217. The minimum Gasteiger partial charge on any atom is -0.408 e. The normalized spacial score (nSPS) is 14.7. The summed E-state index contributed by atoms with van der Waals surface area (Å²) in [6, 6.07) is 10.8. The van der Waals surface area contributed by atoms with Crippen molar-refractivity contribution in [3.8, 4) is 0 Å². The highest BCUT2D eigenvalue weighted by Gasteiger charge is 2.26. The molecule has 0 saturated carbocycles. The van der Waals surface area contributed by atoms with E-state index >= 15 is 4.39 Å².